The Balaban J connectivity index is 0.973. The summed E-state index contributed by atoms with van der Waals surface area (Å²) >= 11 is 0. The van der Waals surface area contributed by atoms with Crippen LogP contribution in [0.2, 0.25) is 0 Å². The molecule has 57 heavy (non-hydrogen) atoms. The molecule has 0 aliphatic heterocycles. The van der Waals surface area contributed by atoms with Crippen LogP contribution in [0.4, 0.5) is 17.1 Å². The van der Waals surface area contributed by atoms with Crippen LogP contribution in [0.15, 0.2) is 223 Å². The van der Waals surface area contributed by atoms with Crippen LogP contribution in [-0.4, -0.2) is 4.57 Å². The summed E-state index contributed by atoms with van der Waals surface area (Å²) in [5.41, 5.74) is 15.6. The second-order valence-electron chi connectivity index (χ2n) is 14.5. The molecule has 0 N–H and O–H groups in total. The molecular formula is C54H36N2O. The molecule has 0 radical (unpaired) electrons. The molecule has 0 atom stereocenters. The van der Waals surface area contributed by atoms with E-state index < -0.39 is 0 Å². The van der Waals surface area contributed by atoms with E-state index in [1.54, 1.807) is 0 Å². The normalized spacial score (nSPS) is 11.5. The fourth-order valence-corrected chi connectivity index (χ4v) is 8.63. The number of furan rings is 1. The lowest BCUT2D eigenvalue weighted by Gasteiger charge is -2.26. The SMILES string of the molecule is c1ccc(N(c2ccc(-c3ccccc3-c3cccc4c3oc3ccccc34)cc2)c2ccc(-c3ccccc3-n3c4ccccc4c4ccccc43)cc2)cc1. The van der Waals surface area contributed by atoms with E-state index in [0.29, 0.717) is 0 Å². The van der Waals surface area contributed by atoms with E-state index in [-0.39, 0.29) is 0 Å². The molecule has 11 aromatic rings. The quantitative estimate of drug-likeness (QED) is 0.163. The molecule has 9 aromatic carbocycles. The van der Waals surface area contributed by atoms with Crippen molar-refractivity contribution in [2.75, 3.05) is 4.90 Å². The van der Waals surface area contributed by atoms with Crippen LogP contribution in [0.25, 0.3) is 82.8 Å². The van der Waals surface area contributed by atoms with Gasteiger partial charge in [0.2, 0.25) is 0 Å². The van der Waals surface area contributed by atoms with E-state index in [1.165, 1.54) is 27.4 Å². The largest absolute Gasteiger partial charge is 0.455 e. The lowest BCUT2D eigenvalue weighted by atomic mass is 9.93. The molecule has 0 saturated carbocycles. The van der Waals surface area contributed by atoms with E-state index in [4.69, 9.17) is 4.42 Å². The number of rotatable bonds is 7. The minimum Gasteiger partial charge on any atom is -0.455 e. The number of fused-ring (bicyclic) bond motifs is 6. The maximum Gasteiger partial charge on any atom is 0.143 e. The number of benzene rings is 9. The van der Waals surface area contributed by atoms with Crippen LogP contribution in [0.1, 0.15) is 0 Å². The predicted molar refractivity (Wildman–Crippen MR) is 239 cm³/mol. The molecule has 0 amide bonds. The predicted octanol–water partition coefficient (Wildman–Crippen LogP) is 15.2. The average molecular weight is 729 g/mol. The first-order chi connectivity index (χ1) is 28.3. The van der Waals surface area contributed by atoms with Crippen LogP contribution in [-0.2, 0) is 0 Å². The molecule has 0 bridgehead atoms. The van der Waals surface area contributed by atoms with Gasteiger partial charge >= 0.3 is 0 Å². The van der Waals surface area contributed by atoms with E-state index in [9.17, 15) is 0 Å². The summed E-state index contributed by atoms with van der Waals surface area (Å²) in [5.74, 6) is 0. The van der Waals surface area contributed by atoms with Crippen molar-refractivity contribution in [3.8, 4) is 39.1 Å². The highest BCUT2D eigenvalue weighted by Crippen LogP contribution is 2.42. The summed E-state index contributed by atoms with van der Waals surface area (Å²) in [6.45, 7) is 0. The Morgan fingerprint density at radius 1 is 0.316 bits per heavy atom. The van der Waals surface area contributed by atoms with Crippen molar-refractivity contribution in [3.05, 3.63) is 218 Å². The highest BCUT2D eigenvalue weighted by molar-refractivity contribution is 6.11. The second-order valence-corrected chi connectivity index (χ2v) is 14.5. The topological polar surface area (TPSA) is 21.3 Å². The van der Waals surface area contributed by atoms with Crippen LogP contribution in [0.3, 0.4) is 0 Å². The van der Waals surface area contributed by atoms with Crippen molar-refractivity contribution < 1.29 is 4.42 Å². The third-order valence-electron chi connectivity index (χ3n) is 11.2. The summed E-state index contributed by atoms with van der Waals surface area (Å²) in [5, 5.41) is 4.79. The maximum atomic E-state index is 6.47. The Bertz CT molecular complexity index is 3170. The highest BCUT2D eigenvalue weighted by Gasteiger charge is 2.18. The maximum absolute atomic E-state index is 6.47. The number of aromatic nitrogens is 1. The standard InChI is InChI=1S/C54H36N2O/c1-2-15-39(16-3-1)55(40-33-29-37(30-34-40)42-17-4-5-19-44(42)48-23-14-24-49-47-22-9-13-28-53(47)57-54(48)49)41-35-31-38(32-36-41)43-18-6-10-25-50(43)56-51-26-11-7-20-45(51)46-21-8-12-27-52(46)56/h1-36H. The third-order valence-corrected chi connectivity index (χ3v) is 11.2. The second kappa shape index (κ2) is 13.6. The lowest BCUT2D eigenvalue weighted by Crippen LogP contribution is -2.09. The van der Waals surface area contributed by atoms with Crippen molar-refractivity contribution in [2.24, 2.45) is 0 Å². The van der Waals surface area contributed by atoms with Gasteiger partial charge in [0.1, 0.15) is 11.2 Å². The zero-order valence-corrected chi connectivity index (χ0v) is 31.1. The van der Waals surface area contributed by atoms with Crippen molar-refractivity contribution in [1.29, 1.82) is 0 Å². The number of anilines is 3. The molecule has 11 rings (SSSR count). The van der Waals surface area contributed by atoms with Crippen LogP contribution >= 0.6 is 0 Å². The molecule has 0 spiro atoms. The molecule has 3 nitrogen and oxygen atoms in total. The van der Waals surface area contributed by atoms with Crippen molar-refractivity contribution in [1.82, 2.24) is 4.57 Å². The molecule has 3 heteroatoms. The minimum absolute atomic E-state index is 0.906. The van der Waals surface area contributed by atoms with Gasteiger partial charge in [0.15, 0.2) is 0 Å². The fourth-order valence-electron chi connectivity index (χ4n) is 8.63. The summed E-state index contributed by atoms with van der Waals surface area (Å²) in [6.07, 6.45) is 0. The fraction of sp³-hybridized carbons (Fsp3) is 0. The average Bonchev–Trinajstić information content (AvgIpc) is 3.84. The van der Waals surface area contributed by atoms with Crippen LogP contribution in [0.5, 0.6) is 0 Å². The molecule has 0 saturated heterocycles. The highest BCUT2D eigenvalue weighted by atomic mass is 16.3. The first kappa shape index (κ1) is 32.8. The summed E-state index contributed by atoms with van der Waals surface area (Å²) in [6, 6.07) is 78.0. The molecule has 268 valence electrons. The van der Waals surface area contributed by atoms with Crippen molar-refractivity contribution >= 4 is 60.8 Å². The van der Waals surface area contributed by atoms with E-state index in [1.807, 2.05) is 12.1 Å². The zero-order chi connectivity index (χ0) is 37.7. The number of hydrogen-bond acceptors (Lipinski definition) is 2. The molecule has 0 aliphatic carbocycles. The minimum atomic E-state index is 0.906. The van der Waals surface area contributed by atoms with Crippen molar-refractivity contribution in [3.63, 3.8) is 0 Å². The van der Waals surface area contributed by atoms with Crippen LogP contribution in [0, 0.1) is 0 Å². The van der Waals surface area contributed by atoms with Gasteiger partial charge in [-0.2, -0.15) is 0 Å². The van der Waals surface area contributed by atoms with Gasteiger partial charge in [0, 0.05) is 49.7 Å². The smallest absolute Gasteiger partial charge is 0.143 e. The number of para-hydroxylation sites is 6. The Morgan fingerprint density at radius 3 is 1.47 bits per heavy atom. The van der Waals surface area contributed by atoms with Gasteiger partial charge in [0.05, 0.1) is 16.7 Å². The molecule has 2 heterocycles. The number of nitrogens with zero attached hydrogens (tertiary/aromatic N) is 2. The van der Waals surface area contributed by atoms with E-state index >= 15 is 0 Å². The summed E-state index contributed by atoms with van der Waals surface area (Å²) in [4.78, 5) is 2.33. The summed E-state index contributed by atoms with van der Waals surface area (Å²) < 4.78 is 8.87. The molecule has 0 aliphatic rings. The van der Waals surface area contributed by atoms with Gasteiger partial charge in [-0.15, -0.1) is 0 Å². The Hall–Kier alpha value is -7.62. The Morgan fingerprint density at radius 2 is 0.789 bits per heavy atom. The van der Waals surface area contributed by atoms with E-state index in [2.05, 4.69) is 216 Å². The van der Waals surface area contributed by atoms with Gasteiger partial charge in [-0.3, -0.25) is 0 Å². The number of hydrogen-bond donors (Lipinski definition) is 0. The van der Waals surface area contributed by atoms with Gasteiger partial charge in [-0.1, -0.05) is 158 Å². The third kappa shape index (κ3) is 5.51. The first-order valence-corrected chi connectivity index (χ1v) is 19.4. The summed E-state index contributed by atoms with van der Waals surface area (Å²) in [7, 11) is 0. The first-order valence-electron chi connectivity index (χ1n) is 19.4. The van der Waals surface area contributed by atoms with Crippen molar-refractivity contribution in [2.45, 2.75) is 0 Å². The monoisotopic (exact) mass is 728 g/mol. The van der Waals surface area contributed by atoms with Gasteiger partial charge in [-0.25, -0.2) is 0 Å². The zero-order valence-electron chi connectivity index (χ0n) is 31.1. The molecule has 0 fully saturated rings. The Labute approximate surface area is 330 Å². The van der Waals surface area contributed by atoms with Gasteiger partial charge in [0.25, 0.3) is 0 Å². The van der Waals surface area contributed by atoms with E-state index in [0.717, 1.165) is 72.5 Å². The molecule has 2 aromatic heterocycles. The van der Waals surface area contributed by atoms with Gasteiger partial charge in [-0.05, 0) is 82.9 Å². The molecular weight excluding hydrogens is 693 g/mol. The Kier molecular flexibility index (Phi) is 7.82. The van der Waals surface area contributed by atoms with Gasteiger partial charge < -0.3 is 13.9 Å². The molecule has 0 unspecified atom stereocenters. The lowest BCUT2D eigenvalue weighted by molar-refractivity contribution is 0.670. The van der Waals surface area contributed by atoms with Crippen LogP contribution < -0.4 is 4.90 Å².